The van der Waals surface area contributed by atoms with Crippen LogP contribution in [0.15, 0.2) is 54.6 Å². The molecule has 0 aromatic heterocycles. The zero-order valence-electron chi connectivity index (χ0n) is 18.5. The van der Waals surface area contributed by atoms with Gasteiger partial charge in [-0.3, -0.25) is 19.4 Å². The first-order chi connectivity index (χ1) is 14.9. The van der Waals surface area contributed by atoms with Crippen molar-refractivity contribution in [3.63, 3.8) is 0 Å². The fourth-order valence-electron chi connectivity index (χ4n) is 3.52. The van der Waals surface area contributed by atoms with Crippen molar-refractivity contribution in [3.05, 3.63) is 54.6 Å². The van der Waals surface area contributed by atoms with Crippen LogP contribution in [0.25, 0.3) is 0 Å². The summed E-state index contributed by atoms with van der Waals surface area (Å²) in [7, 11) is 0. The summed E-state index contributed by atoms with van der Waals surface area (Å²) in [6.45, 7) is 9.30. The van der Waals surface area contributed by atoms with Crippen molar-refractivity contribution in [2.45, 2.75) is 32.9 Å². The number of anilines is 1. The first kappa shape index (κ1) is 22.8. The molecule has 2 aromatic rings. The first-order valence-electron chi connectivity index (χ1n) is 10.8. The van der Waals surface area contributed by atoms with Crippen molar-refractivity contribution in [2.24, 2.45) is 0 Å². The maximum absolute atomic E-state index is 12.7. The molecule has 31 heavy (non-hydrogen) atoms. The highest BCUT2D eigenvalue weighted by Gasteiger charge is 2.26. The number of nitrogens with one attached hydrogen (secondary N) is 2. The SMILES string of the molecule is CC(C)NC(=O)CN1CCN(C(C)C(=O)Nc2ccc(Oc3ccccc3)cc2)CC1. The molecule has 7 nitrogen and oxygen atoms in total. The number of amides is 2. The van der Waals surface area contributed by atoms with Crippen LogP contribution in [0.1, 0.15) is 20.8 Å². The van der Waals surface area contributed by atoms with Crippen LogP contribution in [0, 0.1) is 0 Å². The molecule has 0 spiro atoms. The van der Waals surface area contributed by atoms with E-state index in [1.807, 2.05) is 75.4 Å². The van der Waals surface area contributed by atoms with E-state index in [9.17, 15) is 9.59 Å². The number of carbonyl (C=O) groups is 2. The Labute approximate surface area is 184 Å². The van der Waals surface area contributed by atoms with E-state index in [1.165, 1.54) is 0 Å². The predicted octanol–water partition coefficient (Wildman–Crippen LogP) is 2.95. The van der Waals surface area contributed by atoms with Crippen LogP contribution < -0.4 is 15.4 Å². The fourth-order valence-corrected chi connectivity index (χ4v) is 3.52. The third-order valence-electron chi connectivity index (χ3n) is 5.25. The number of nitrogens with zero attached hydrogens (tertiary/aromatic N) is 2. The maximum Gasteiger partial charge on any atom is 0.241 e. The summed E-state index contributed by atoms with van der Waals surface area (Å²) in [5.41, 5.74) is 0.737. The fraction of sp³-hybridized carbons (Fsp3) is 0.417. The van der Waals surface area contributed by atoms with Crippen molar-refractivity contribution < 1.29 is 14.3 Å². The Kier molecular flexibility index (Phi) is 8.03. The normalized spacial score (nSPS) is 16.0. The van der Waals surface area contributed by atoms with Crippen LogP contribution in [-0.4, -0.2) is 66.4 Å². The molecular weight excluding hydrogens is 392 g/mol. The van der Waals surface area contributed by atoms with E-state index in [0.717, 1.165) is 43.4 Å². The number of rotatable bonds is 8. The second-order valence-corrected chi connectivity index (χ2v) is 8.14. The Morgan fingerprint density at radius 3 is 2.13 bits per heavy atom. The summed E-state index contributed by atoms with van der Waals surface area (Å²) in [4.78, 5) is 28.9. The van der Waals surface area contributed by atoms with Crippen molar-refractivity contribution >= 4 is 17.5 Å². The van der Waals surface area contributed by atoms with E-state index in [-0.39, 0.29) is 23.9 Å². The standard InChI is InChI=1S/C24H32N4O3/c1-18(2)25-23(29)17-27-13-15-28(16-14-27)19(3)24(30)26-20-9-11-22(12-10-20)31-21-7-5-4-6-8-21/h4-12,18-19H,13-17H2,1-3H3,(H,25,29)(H,26,30). The molecule has 1 aliphatic rings. The number of hydrogen-bond donors (Lipinski definition) is 2. The number of para-hydroxylation sites is 1. The van der Waals surface area contributed by atoms with E-state index in [4.69, 9.17) is 4.74 Å². The zero-order valence-corrected chi connectivity index (χ0v) is 18.5. The largest absolute Gasteiger partial charge is 0.457 e. The molecule has 0 aliphatic carbocycles. The molecule has 0 radical (unpaired) electrons. The average Bonchev–Trinajstić information content (AvgIpc) is 2.75. The van der Waals surface area contributed by atoms with Crippen molar-refractivity contribution in [1.82, 2.24) is 15.1 Å². The van der Waals surface area contributed by atoms with E-state index in [1.54, 1.807) is 0 Å². The highest BCUT2D eigenvalue weighted by molar-refractivity contribution is 5.94. The lowest BCUT2D eigenvalue weighted by molar-refractivity contribution is -0.125. The van der Waals surface area contributed by atoms with Gasteiger partial charge in [-0.25, -0.2) is 0 Å². The number of hydrogen-bond acceptors (Lipinski definition) is 5. The van der Waals surface area contributed by atoms with Crippen LogP contribution >= 0.6 is 0 Å². The van der Waals surface area contributed by atoms with Gasteiger partial charge in [-0.2, -0.15) is 0 Å². The van der Waals surface area contributed by atoms with Gasteiger partial charge in [0.2, 0.25) is 11.8 Å². The molecule has 166 valence electrons. The molecule has 0 bridgehead atoms. The zero-order chi connectivity index (χ0) is 22.2. The average molecular weight is 425 g/mol. The second kappa shape index (κ2) is 10.9. The maximum atomic E-state index is 12.7. The molecule has 3 rings (SSSR count). The topological polar surface area (TPSA) is 73.9 Å². The van der Waals surface area contributed by atoms with Crippen LogP contribution in [0.5, 0.6) is 11.5 Å². The molecule has 2 N–H and O–H groups in total. The highest BCUT2D eigenvalue weighted by Crippen LogP contribution is 2.22. The van der Waals surface area contributed by atoms with E-state index in [2.05, 4.69) is 20.4 Å². The number of carbonyl (C=O) groups excluding carboxylic acids is 2. The van der Waals surface area contributed by atoms with Crippen molar-refractivity contribution in [2.75, 3.05) is 38.0 Å². The quantitative estimate of drug-likeness (QED) is 0.682. The molecule has 2 amide bonds. The van der Waals surface area contributed by atoms with E-state index in [0.29, 0.717) is 6.54 Å². The Balaban J connectivity index is 1.45. The molecule has 7 heteroatoms. The Bertz CT molecular complexity index is 847. The smallest absolute Gasteiger partial charge is 0.241 e. The Morgan fingerprint density at radius 2 is 1.52 bits per heavy atom. The highest BCUT2D eigenvalue weighted by atomic mass is 16.5. The lowest BCUT2D eigenvalue weighted by Gasteiger charge is -2.37. The van der Waals surface area contributed by atoms with Crippen LogP contribution in [0.3, 0.4) is 0 Å². The number of piperazine rings is 1. The van der Waals surface area contributed by atoms with E-state index < -0.39 is 0 Å². The summed E-state index contributed by atoms with van der Waals surface area (Å²) in [5, 5.41) is 5.90. The number of ether oxygens (including phenoxy) is 1. The van der Waals surface area contributed by atoms with Gasteiger partial charge in [0.05, 0.1) is 12.6 Å². The van der Waals surface area contributed by atoms with Gasteiger partial charge in [0.25, 0.3) is 0 Å². The molecule has 1 atom stereocenters. The Morgan fingerprint density at radius 1 is 0.903 bits per heavy atom. The molecular formula is C24H32N4O3. The van der Waals surface area contributed by atoms with Gasteiger partial charge in [-0.15, -0.1) is 0 Å². The minimum atomic E-state index is -0.244. The summed E-state index contributed by atoms with van der Waals surface area (Å²) in [6, 6.07) is 16.9. The van der Waals surface area contributed by atoms with Gasteiger partial charge in [-0.1, -0.05) is 18.2 Å². The lowest BCUT2D eigenvalue weighted by Crippen LogP contribution is -2.54. The van der Waals surface area contributed by atoms with Crippen LogP contribution in [0.2, 0.25) is 0 Å². The van der Waals surface area contributed by atoms with Gasteiger partial charge in [-0.05, 0) is 57.2 Å². The second-order valence-electron chi connectivity index (χ2n) is 8.14. The third-order valence-corrected chi connectivity index (χ3v) is 5.25. The van der Waals surface area contributed by atoms with Crippen LogP contribution in [-0.2, 0) is 9.59 Å². The number of benzene rings is 2. The van der Waals surface area contributed by atoms with Gasteiger partial charge >= 0.3 is 0 Å². The van der Waals surface area contributed by atoms with Gasteiger partial charge in [0, 0.05) is 37.9 Å². The minimum absolute atomic E-state index is 0.0391. The molecule has 1 aliphatic heterocycles. The predicted molar refractivity (Wildman–Crippen MR) is 122 cm³/mol. The van der Waals surface area contributed by atoms with Crippen LogP contribution in [0.4, 0.5) is 5.69 Å². The molecule has 2 aromatic carbocycles. The summed E-state index contributed by atoms with van der Waals surface area (Å²) < 4.78 is 5.79. The van der Waals surface area contributed by atoms with Gasteiger partial charge in [0.15, 0.2) is 0 Å². The molecule has 1 unspecified atom stereocenters. The lowest BCUT2D eigenvalue weighted by atomic mass is 10.2. The summed E-state index contributed by atoms with van der Waals surface area (Å²) in [6.07, 6.45) is 0. The third kappa shape index (κ3) is 7.08. The summed E-state index contributed by atoms with van der Waals surface area (Å²) >= 11 is 0. The van der Waals surface area contributed by atoms with Crippen molar-refractivity contribution in [1.29, 1.82) is 0 Å². The molecule has 0 saturated carbocycles. The summed E-state index contributed by atoms with van der Waals surface area (Å²) in [5.74, 6) is 1.50. The monoisotopic (exact) mass is 424 g/mol. The van der Waals surface area contributed by atoms with Gasteiger partial charge < -0.3 is 15.4 Å². The molecule has 1 saturated heterocycles. The van der Waals surface area contributed by atoms with Crippen molar-refractivity contribution in [3.8, 4) is 11.5 Å². The molecule has 1 fully saturated rings. The molecule has 1 heterocycles. The van der Waals surface area contributed by atoms with Gasteiger partial charge in [0.1, 0.15) is 11.5 Å². The van der Waals surface area contributed by atoms with E-state index >= 15 is 0 Å². The minimum Gasteiger partial charge on any atom is -0.457 e. The Hall–Kier alpha value is -2.90. The first-order valence-corrected chi connectivity index (χ1v) is 10.8.